The monoisotopic (exact) mass is 228 g/mol. The minimum atomic E-state index is -1.22. The topological polar surface area (TPSA) is 86.7 Å². The molecule has 0 aromatic rings. The lowest BCUT2D eigenvalue weighted by Crippen LogP contribution is -2.53. The number of carbonyl (C=O) groups is 3. The van der Waals surface area contributed by atoms with Crippen molar-refractivity contribution in [3.05, 3.63) is 0 Å². The van der Waals surface area contributed by atoms with Crippen LogP contribution in [-0.2, 0) is 14.4 Å². The molecule has 16 heavy (non-hydrogen) atoms. The van der Waals surface area contributed by atoms with Crippen molar-refractivity contribution in [2.45, 2.75) is 38.8 Å². The highest BCUT2D eigenvalue weighted by Gasteiger charge is 2.41. The molecule has 1 aliphatic rings. The van der Waals surface area contributed by atoms with E-state index in [1.807, 2.05) is 0 Å². The standard InChI is InChI=1S/C10H16N2O4/c1-4-12-7(13)5-6(8(12)14)11-10(2,3)9(15)16/h6,11H,4-5H2,1-3H3,(H,15,16). The Bertz CT molecular complexity index is 338. The Kier molecular flexibility index (Phi) is 3.32. The van der Waals surface area contributed by atoms with E-state index in [0.717, 1.165) is 4.90 Å². The van der Waals surface area contributed by atoms with E-state index < -0.39 is 17.6 Å². The van der Waals surface area contributed by atoms with Gasteiger partial charge in [-0.05, 0) is 20.8 Å². The molecule has 1 atom stereocenters. The van der Waals surface area contributed by atoms with Gasteiger partial charge in [0.1, 0.15) is 5.54 Å². The van der Waals surface area contributed by atoms with Crippen LogP contribution in [0.2, 0.25) is 0 Å². The molecule has 0 saturated carbocycles. The summed E-state index contributed by atoms with van der Waals surface area (Å²) in [6, 6.07) is -0.724. The maximum absolute atomic E-state index is 11.7. The van der Waals surface area contributed by atoms with Crippen molar-refractivity contribution in [3.63, 3.8) is 0 Å². The Labute approximate surface area is 93.6 Å². The lowest BCUT2D eigenvalue weighted by Gasteiger charge is -2.24. The quantitative estimate of drug-likeness (QED) is 0.638. The summed E-state index contributed by atoms with van der Waals surface area (Å²) in [5.41, 5.74) is -1.22. The van der Waals surface area contributed by atoms with E-state index in [-0.39, 0.29) is 18.2 Å². The van der Waals surface area contributed by atoms with E-state index in [1.165, 1.54) is 13.8 Å². The van der Waals surface area contributed by atoms with Crippen LogP contribution in [0.5, 0.6) is 0 Å². The second kappa shape index (κ2) is 4.21. The molecule has 0 aromatic carbocycles. The van der Waals surface area contributed by atoms with Crippen LogP contribution in [0.15, 0.2) is 0 Å². The summed E-state index contributed by atoms with van der Waals surface area (Å²) in [4.78, 5) is 35.1. The number of hydrogen-bond donors (Lipinski definition) is 2. The van der Waals surface area contributed by atoms with Gasteiger partial charge in [-0.25, -0.2) is 0 Å². The number of likely N-dealkylation sites (N-methyl/N-ethyl adjacent to an activating group) is 1. The fourth-order valence-corrected chi connectivity index (χ4v) is 1.63. The van der Waals surface area contributed by atoms with Gasteiger partial charge in [0.05, 0.1) is 12.5 Å². The van der Waals surface area contributed by atoms with Gasteiger partial charge in [-0.2, -0.15) is 0 Å². The molecule has 90 valence electrons. The molecule has 1 heterocycles. The first-order valence-corrected chi connectivity index (χ1v) is 5.15. The number of nitrogens with zero attached hydrogens (tertiary/aromatic N) is 1. The van der Waals surface area contributed by atoms with Crippen LogP contribution in [0.1, 0.15) is 27.2 Å². The Morgan fingerprint density at radius 2 is 2.12 bits per heavy atom. The second-order valence-electron chi connectivity index (χ2n) is 4.31. The fourth-order valence-electron chi connectivity index (χ4n) is 1.63. The van der Waals surface area contributed by atoms with Gasteiger partial charge in [0.2, 0.25) is 11.8 Å². The lowest BCUT2D eigenvalue weighted by atomic mass is 10.0. The summed E-state index contributed by atoms with van der Waals surface area (Å²) in [5.74, 6) is -1.66. The van der Waals surface area contributed by atoms with Gasteiger partial charge >= 0.3 is 5.97 Å². The number of likely N-dealkylation sites (tertiary alicyclic amines) is 1. The van der Waals surface area contributed by atoms with Gasteiger partial charge in [0.25, 0.3) is 0 Å². The molecule has 0 spiro atoms. The van der Waals surface area contributed by atoms with Crippen LogP contribution < -0.4 is 5.32 Å². The van der Waals surface area contributed by atoms with Crippen molar-refractivity contribution in [2.75, 3.05) is 6.54 Å². The third kappa shape index (κ3) is 2.21. The summed E-state index contributed by atoms with van der Waals surface area (Å²) in [6.07, 6.45) is 0.0311. The van der Waals surface area contributed by atoms with Gasteiger partial charge in [-0.3, -0.25) is 24.6 Å². The van der Waals surface area contributed by atoms with Crippen LogP contribution in [0.3, 0.4) is 0 Å². The van der Waals surface area contributed by atoms with Gasteiger partial charge in [0, 0.05) is 6.54 Å². The van der Waals surface area contributed by atoms with Crippen molar-refractivity contribution >= 4 is 17.8 Å². The largest absolute Gasteiger partial charge is 0.480 e. The normalized spacial score (nSPS) is 21.7. The Morgan fingerprint density at radius 3 is 2.50 bits per heavy atom. The zero-order valence-electron chi connectivity index (χ0n) is 9.61. The first-order chi connectivity index (χ1) is 7.29. The van der Waals surface area contributed by atoms with E-state index in [2.05, 4.69) is 5.32 Å². The number of hydrogen-bond acceptors (Lipinski definition) is 4. The Balaban J connectivity index is 2.75. The third-order valence-electron chi connectivity index (χ3n) is 2.63. The molecule has 1 saturated heterocycles. The zero-order valence-corrected chi connectivity index (χ0v) is 9.61. The Hall–Kier alpha value is -1.43. The van der Waals surface area contributed by atoms with Crippen LogP contribution in [0.4, 0.5) is 0 Å². The molecule has 0 bridgehead atoms. The lowest BCUT2D eigenvalue weighted by molar-refractivity contribution is -0.144. The van der Waals surface area contributed by atoms with Crippen LogP contribution >= 0.6 is 0 Å². The van der Waals surface area contributed by atoms with Crippen LogP contribution in [0, 0.1) is 0 Å². The first kappa shape index (κ1) is 12.6. The highest BCUT2D eigenvalue weighted by atomic mass is 16.4. The average molecular weight is 228 g/mol. The van der Waals surface area contributed by atoms with Crippen LogP contribution in [-0.4, -0.2) is 45.9 Å². The summed E-state index contributed by atoms with van der Waals surface area (Å²) in [6.45, 7) is 4.95. The highest BCUT2D eigenvalue weighted by Crippen LogP contribution is 2.16. The average Bonchev–Trinajstić information content (AvgIpc) is 2.41. The Morgan fingerprint density at radius 1 is 1.56 bits per heavy atom. The number of rotatable bonds is 4. The van der Waals surface area contributed by atoms with Gasteiger partial charge in [-0.15, -0.1) is 0 Å². The van der Waals surface area contributed by atoms with Crippen molar-refractivity contribution in [3.8, 4) is 0 Å². The maximum Gasteiger partial charge on any atom is 0.323 e. The van der Waals surface area contributed by atoms with E-state index in [1.54, 1.807) is 6.92 Å². The summed E-state index contributed by atoms with van der Waals surface area (Å²) >= 11 is 0. The SMILES string of the molecule is CCN1C(=O)CC(NC(C)(C)C(=O)O)C1=O. The first-order valence-electron chi connectivity index (χ1n) is 5.15. The molecule has 0 aromatic heterocycles. The van der Waals surface area contributed by atoms with Gasteiger partial charge in [0.15, 0.2) is 0 Å². The molecular formula is C10H16N2O4. The number of carboxylic acids is 1. The summed E-state index contributed by atoms with van der Waals surface area (Å²) in [5, 5.41) is 11.6. The molecule has 2 amide bonds. The number of amides is 2. The predicted molar refractivity (Wildman–Crippen MR) is 55.6 cm³/mol. The molecule has 1 aliphatic heterocycles. The predicted octanol–water partition coefficient (Wildman–Crippen LogP) is -0.413. The third-order valence-corrected chi connectivity index (χ3v) is 2.63. The molecule has 6 heteroatoms. The number of carboxylic acid groups (broad SMARTS) is 1. The highest BCUT2D eigenvalue weighted by molar-refractivity contribution is 6.05. The summed E-state index contributed by atoms with van der Waals surface area (Å²) in [7, 11) is 0. The summed E-state index contributed by atoms with van der Waals surface area (Å²) < 4.78 is 0. The van der Waals surface area contributed by atoms with Crippen molar-refractivity contribution in [2.24, 2.45) is 0 Å². The fraction of sp³-hybridized carbons (Fsp3) is 0.700. The van der Waals surface area contributed by atoms with Gasteiger partial charge < -0.3 is 5.11 Å². The van der Waals surface area contributed by atoms with Gasteiger partial charge in [-0.1, -0.05) is 0 Å². The van der Waals surface area contributed by atoms with Crippen molar-refractivity contribution < 1.29 is 19.5 Å². The molecule has 0 aliphatic carbocycles. The molecule has 2 N–H and O–H groups in total. The molecule has 1 fully saturated rings. The molecule has 6 nitrogen and oxygen atoms in total. The molecule has 0 radical (unpaired) electrons. The number of imide groups is 1. The maximum atomic E-state index is 11.7. The van der Waals surface area contributed by atoms with E-state index in [4.69, 9.17) is 5.11 Å². The van der Waals surface area contributed by atoms with E-state index >= 15 is 0 Å². The van der Waals surface area contributed by atoms with E-state index in [0.29, 0.717) is 6.54 Å². The van der Waals surface area contributed by atoms with E-state index in [9.17, 15) is 14.4 Å². The minimum absolute atomic E-state index is 0.0311. The second-order valence-corrected chi connectivity index (χ2v) is 4.31. The molecular weight excluding hydrogens is 212 g/mol. The number of carbonyl (C=O) groups excluding carboxylic acids is 2. The molecule has 1 rings (SSSR count). The minimum Gasteiger partial charge on any atom is -0.480 e. The zero-order chi connectivity index (χ0) is 12.5. The van der Waals surface area contributed by atoms with Crippen molar-refractivity contribution in [1.29, 1.82) is 0 Å². The number of nitrogens with one attached hydrogen (secondary N) is 1. The van der Waals surface area contributed by atoms with Crippen LogP contribution in [0.25, 0.3) is 0 Å². The smallest absolute Gasteiger partial charge is 0.323 e. The van der Waals surface area contributed by atoms with Crippen molar-refractivity contribution in [1.82, 2.24) is 10.2 Å². The molecule has 1 unspecified atom stereocenters. The number of aliphatic carboxylic acids is 1.